The maximum absolute atomic E-state index is 6.13. The second kappa shape index (κ2) is 5.96. The highest BCUT2D eigenvalue weighted by molar-refractivity contribution is 8.01. The first-order valence-corrected chi connectivity index (χ1v) is 7.47. The van der Waals surface area contributed by atoms with Gasteiger partial charge in [-0.15, -0.1) is 11.3 Å². The molecule has 0 aliphatic rings. The van der Waals surface area contributed by atoms with Gasteiger partial charge in [-0.1, -0.05) is 41.0 Å². The van der Waals surface area contributed by atoms with Crippen LogP contribution < -0.4 is 5.32 Å². The fraction of sp³-hybridized carbons (Fsp3) is 0.182. The number of halogens is 2. The smallest absolute Gasteiger partial charge is 0.146 e. The molecule has 0 aliphatic carbocycles. The molecule has 2 rings (SSSR count). The molecule has 0 radical (unpaired) electrons. The summed E-state index contributed by atoms with van der Waals surface area (Å²) in [5, 5.41) is 7.04. The highest BCUT2D eigenvalue weighted by atomic mass is 35.5. The zero-order valence-corrected chi connectivity index (χ0v) is 12.2. The van der Waals surface area contributed by atoms with E-state index in [9.17, 15) is 0 Å². The average molecular weight is 305 g/mol. The minimum absolute atomic E-state index is 0.548. The van der Waals surface area contributed by atoms with Crippen LogP contribution in [0.2, 0.25) is 10.0 Å². The highest BCUT2D eigenvalue weighted by Gasteiger charge is 2.10. The van der Waals surface area contributed by atoms with Crippen molar-refractivity contribution in [3.05, 3.63) is 33.6 Å². The fourth-order valence-electron chi connectivity index (χ4n) is 1.23. The van der Waals surface area contributed by atoms with E-state index in [1.54, 1.807) is 29.2 Å². The topological polar surface area (TPSA) is 24.9 Å². The predicted octanol–water partition coefficient (Wildman–Crippen LogP) is 5.03. The summed E-state index contributed by atoms with van der Waals surface area (Å²) in [6.07, 6.45) is 0. The van der Waals surface area contributed by atoms with E-state index in [4.69, 9.17) is 23.2 Å². The van der Waals surface area contributed by atoms with Crippen LogP contribution in [0.1, 0.15) is 6.92 Å². The molecule has 1 N–H and O–H groups in total. The number of nitrogens with zero attached hydrogens (tertiary/aromatic N) is 1. The predicted molar refractivity (Wildman–Crippen MR) is 76.9 cm³/mol. The Labute approximate surface area is 118 Å². The number of aromatic nitrogens is 1. The summed E-state index contributed by atoms with van der Waals surface area (Å²) in [5.41, 5.74) is 0. The molecule has 0 amide bonds. The summed E-state index contributed by atoms with van der Waals surface area (Å²) >= 11 is 15.4. The first-order chi connectivity index (χ1) is 8.20. The Kier molecular flexibility index (Phi) is 4.56. The van der Waals surface area contributed by atoms with Gasteiger partial charge in [0.25, 0.3) is 0 Å². The molecule has 0 saturated heterocycles. The van der Waals surface area contributed by atoms with Crippen LogP contribution in [0.4, 0.5) is 5.82 Å². The van der Waals surface area contributed by atoms with E-state index >= 15 is 0 Å². The van der Waals surface area contributed by atoms with Crippen molar-refractivity contribution in [2.75, 3.05) is 11.9 Å². The second-order valence-electron chi connectivity index (χ2n) is 3.17. The van der Waals surface area contributed by atoms with Gasteiger partial charge in [-0.2, -0.15) is 0 Å². The lowest BCUT2D eigenvalue weighted by atomic mass is 10.4. The molecule has 0 atom stereocenters. The third kappa shape index (κ3) is 3.28. The molecule has 0 spiro atoms. The Bertz CT molecular complexity index is 500. The first-order valence-electron chi connectivity index (χ1n) is 5.02. The van der Waals surface area contributed by atoms with Gasteiger partial charge in [0.1, 0.15) is 10.8 Å². The van der Waals surface area contributed by atoms with Gasteiger partial charge in [-0.3, -0.25) is 0 Å². The van der Waals surface area contributed by atoms with Crippen LogP contribution in [0, 0.1) is 0 Å². The summed E-state index contributed by atoms with van der Waals surface area (Å²) in [6.45, 7) is 2.77. The maximum atomic E-state index is 6.13. The second-order valence-corrected chi connectivity index (χ2v) is 6.22. The standard InChI is InChI=1S/C11H10Cl2N2S2/c1-2-14-10-7(12)6-8(13)11(15-10)17-9-4-3-5-16-9/h3-6H,2H2,1H3,(H,14,15). The third-order valence-electron chi connectivity index (χ3n) is 1.93. The highest BCUT2D eigenvalue weighted by Crippen LogP contribution is 2.37. The Hall–Kier alpha value is -0.420. The number of thiophene rings is 1. The lowest BCUT2D eigenvalue weighted by Crippen LogP contribution is -2.00. The minimum Gasteiger partial charge on any atom is -0.369 e. The Morgan fingerprint density at radius 3 is 2.88 bits per heavy atom. The van der Waals surface area contributed by atoms with Crippen molar-refractivity contribution in [1.82, 2.24) is 4.98 Å². The van der Waals surface area contributed by atoms with Crippen LogP contribution in [0.5, 0.6) is 0 Å². The van der Waals surface area contributed by atoms with Gasteiger partial charge in [-0.05, 0) is 24.4 Å². The molecule has 0 bridgehead atoms. The van der Waals surface area contributed by atoms with E-state index in [1.165, 1.54) is 0 Å². The molecule has 0 unspecified atom stereocenters. The minimum atomic E-state index is 0.548. The summed E-state index contributed by atoms with van der Waals surface area (Å²) in [6, 6.07) is 5.76. The normalized spacial score (nSPS) is 10.5. The van der Waals surface area contributed by atoms with Crippen LogP contribution in [0.15, 0.2) is 32.8 Å². The molecule has 2 aromatic rings. The van der Waals surface area contributed by atoms with Crippen LogP contribution in [0.3, 0.4) is 0 Å². The van der Waals surface area contributed by atoms with E-state index in [2.05, 4.69) is 10.3 Å². The summed E-state index contributed by atoms with van der Waals surface area (Å²) in [4.78, 5) is 4.43. The molecule has 2 heterocycles. The van der Waals surface area contributed by atoms with Gasteiger partial charge in [0.05, 0.1) is 14.3 Å². The summed E-state index contributed by atoms with van der Waals surface area (Å²) in [7, 11) is 0. The molecule has 2 nitrogen and oxygen atoms in total. The van der Waals surface area contributed by atoms with E-state index in [1.807, 2.05) is 24.4 Å². The SMILES string of the molecule is CCNc1nc(Sc2cccs2)c(Cl)cc1Cl. The van der Waals surface area contributed by atoms with Gasteiger partial charge in [0, 0.05) is 6.54 Å². The number of hydrogen-bond acceptors (Lipinski definition) is 4. The van der Waals surface area contributed by atoms with Crippen molar-refractivity contribution in [1.29, 1.82) is 0 Å². The quantitative estimate of drug-likeness (QED) is 0.857. The van der Waals surface area contributed by atoms with E-state index in [0.29, 0.717) is 15.9 Å². The molecule has 0 saturated carbocycles. The lowest BCUT2D eigenvalue weighted by Gasteiger charge is -2.08. The van der Waals surface area contributed by atoms with Crippen LogP contribution in [-0.2, 0) is 0 Å². The van der Waals surface area contributed by atoms with Crippen LogP contribution in [0.25, 0.3) is 0 Å². The van der Waals surface area contributed by atoms with Gasteiger partial charge in [-0.25, -0.2) is 4.98 Å². The number of pyridine rings is 1. The van der Waals surface area contributed by atoms with Crippen LogP contribution in [-0.4, -0.2) is 11.5 Å². The number of rotatable bonds is 4. The molecule has 0 fully saturated rings. The maximum Gasteiger partial charge on any atom is 0.146 e. The van der Waals surface area contributed by atoms with Crippen molar-refractivity contribution < 1.29 is 0 Å². The van der Waals surface area contributed by atoms with Gasteiger partial charge in [0.2, 0.25) is 0 Å². The van der Waals surface area contributed by atoms with Crippen molar-refractivity contribution >= 4 is 52.1 Å². The fourth-order valence-corrected chi connectivity index (χ4v) is 3.45. The Morgan fingerprint density at radius 2 is 2.24 bits per heavy atom. The van der Waals surface area contributed by atoms with E-state index in [0.717, 1.165) is 15.8 Å². The zero-order valence-electron chi connectivity index (χ0n) is 9.04. The largest absolute Gasteiger partial charge is 0.369 e. The van der Waals surface area contributed by atoms with Gasteiger partial charge in [0.15, 0.2) is 0 Å². The molecule has 17 heavy (non-hydrogen) atoms. The summed E-state index contributed by atoms with van der Waals surface area (Å²) < 4.78 is 1.16. The molecule has 0 aliphatic heterocycles. The molecular formula is C11H10Cl2N2S2. The molecule has 2 aromatic heterocycles. The third-order valence-corrected chi connectivity index (χ3v) is 4.66. The monoisotopic (exact) mass is 304 g/mol. The first kappa shape index (κ1) is 13.0. The summed E-state index contributed by atoms with van der Waals surface area (Å²) in [5.74, 6) is 0.678. The van der Waals surface area contributed by atoms with Crippen molar-refractivity contribution in [2.45, 2.75) is 16.2 Å². The van der Waals surface area contributed by atoms with Crippen LogP contribution >= 0.6 is 46.3 Å². The van der Waals surface area contributed by atoms with Crippen molar-refractivity contribution in [3.8, 4) is 0 Å². The molecule has 6 heteroatoms. The Morgan fingerprint density at radius 1 is 1.41 bits per heavy atom. The Balaban J connectivity index is 2.29. The van der Waals surface area contributed by atoms with Gasteiger partial charge < -0.3 is 5.32 Å². The molecule has 0 aromatic carbocycles. The van der Waals surface area contributed by atoms with Crippen molar-refractivity contribution in [2.24, 2.45) is 0 Å². The van der Waals surface area contributed by atoms with E-state index in [-0.39, 0.29) is 0 Å². The number of hydrogen-bond donors (Lipinski definition) is 1. The average Bonchev–Trinajstić information content (AvgIpc) is 2.78. The lowest BCUT2D eigenvalue weighted by molar-refractivity contribution is 1.09. The molecule has 90 valence electrons. The zero-order chi connectivity index (χ0) is 12.3. The number of anilines is 1. The van der Waals surface area contributed by atoms with E-state index < -0.39 is 0 Å². The van der Waals surface area contributed by atoms with Gasteiger partial charge >= 0.3 is 0 Å². The molecular weight excluding hydrogens is 295 g/mol. The van der Waals surface area contributed by atoms with Crippen molar-refractivity contribution in [3.63, 3.8) is 0 Å². The number of nitrogens with one attached hydrogen (secondary N) is 1.